The third kappa shape index (κ3) is 2.40. The van der Waals surface area contributed by atoms with Crippen molar-refractivity contribution in [1.82, 2.24) is 9.78 Å². The molecular weight excluding hydrogens is 310 g/mol. The van der Waals surface area contributed by atoms with E-state index in [1.165, 1.54) is 12.8 Å². The van der Waals surface area contributed by atoms with E-state index in [9.17, 15) is 10.1 Å². The average molecular weight is 322 g/mol. The van der Waals surface area contributed by atoms with Gasteiger partial charge >= 0.3 is 0 Å². The first-order chi connectivity index (χ1) is 9.19. The standard InChI is InChI=1S/C13H12BrN3O2/c14-8-9-1-4-12(13(7-9)17(18)19)16-6-5-11(15-16)10-2-3-10/h1,4-7,10H,2-3,8H2. The Morgan fingerprint density at radius 3 is 2.84 bits per heavy atom. The molecule has 0 bridgehead atoms. The molecule has 0 unspecified atom stereocenters. The molecule has 0 atom stereocenters. The summed E-state index contributed by atoms with van der Waals surface area (Å²) in [7, 11) is 0. The first kappa shape index (κ1) is 12.3. The number of alkyl halides is 1. The fourth-order valence-corrected chi connectivity index (χ4v) is 2.41. The minimum Gasteiger partial charge on any atom is -0.258 e. The van der Waals surface area contributed by atoms with Gasteiger partial charge in [-0.3, -0.25) is 10.1 Å². The summed E-state index contributed by atoms with van der Waals surface area (Å²) in [5, 5.41) is 16.2. The van der Waals surface area contributed by atoms with Crippen LogP contribution in [0, 0.1) is 10.1 Å². The Balaban J connectivity index is 2.04. The zero-order valence-electron chi connectivity index (χ0n) is 10.1. The molecule has 1 aromatic heterocycles. The van der Waals surface area contributed by atoms with Crippen LogP contribution >= 0.6 is 15.9 Å². The van der Waals surface area contributed by atoms with E-state index < -0.39 is 0 Å². The molecule has 0 spiro atoms. The van der Waals surface area contributed by atoms with Crippen molar-refractivity contribution in [3.8, 4) is 5.69 Å². The van der Waals surface area contributed by atoms with Crippen LogP contribution in [0.3, 0.4) is 0 Å². The number of nitro groups is 1. The Labute approximate surface area is 118 Å². The molecule has 0 aliphatic heterocycles. The number of aromatic nitrogens is 2. The second-order valence-corrected chi connectivity index (χ2v) is 5.23. The Hall–Kier alpha value is -1.69. The molecule has 1 aromatic carbocycles. The van der Waals surface area contributed by atoms with E-state index in [4.69, 9.17) is 0 Å². The zero-order chi connectivity index (χ0) is 13.4. The van der Waals surface area contributed by atoms with Gasteiger partial charge in [0, 0.05) is 23.5 Å². The fourth-order valence-electron chi connectivity index (χ4n) is 2.06. The molecule has 1 fully saturated rings. The molecule has 0 N–H and O–H groups in total. The van der Waals surface area contributed by atoms with Crippen molar-refractivity contribution >= 4 is 21.6 Å². The summed E-state index contributed by atoms with van der Waals surface area (Å²) in [5.74, 6) is 0.544. The van der Waals surface area contributed by atoms with Crippen LogP contribution in [0.2, 0.25) is 0 Å². The van der Waals surface area contributed by atoms with Crippen LogP contribution in [-0.2, 0) is 5.33 Å². The van der Waals surface area contributed by atoms with Gasteiger partial charge in [0.2, 0.25) is 0 Å². The predicted molar refractivity (Wildman–Crippen MR) is 74.8 cm³/mol. The molecule has 0 saturated heterocycles. The minimum absolute atomic E-state index is 0.0856. The van der Waals surface area contributed by atoms with E-state index in [2.05, 4.69) is 21.0 Å². The Morgan fingerprint density at radius 1 is 1.42 bits per heavy atom. The van der Waals surface area contributed by atoms with Crippen LogP contribution < -0.4 is 0 Å². The highest BCUT2D eigenvalue weighted by molar-refractivity contribution is 9.08. The van der Waals surface area contributed by atoms with Gasteiger partial charge in [-0.25, -0.2) is 4.68 Å². The van der Waals surface area contributed by atoms with Crippen molar-refractivity contribution in [2.45, 2.75) is 24.1 Å². The zero-order valence-corrected chi connectivity index (χ0v) is 11.7. The number of hydrogen-bond acceptors (Lipinski definition) is 3. The molecule has 0 radical (unpaired) electrons. The lowest BCUT2D eigenvalue weighted by Gasteiger charge is -2.04. The van der Waals surface area contributed by atoms with E-state index >= 15 is 0 Å². The van der Waals surface area contributed by atoms with E-state index in [0.29, 0.717) is 16.9 Å². The lowest BCUT2D eigenvalue weighted by atomic mass is 10.2. The van der Waals surface area contributed by atoms with Crippen molar-refractivity contribution in [2.75, 3.05) is 0 Å². The summed E-state index contributed by atoms with van der Waals surface area (Å²) in [6, 6.07) is 7.15. The third-order valence-electron chi connectivity index (χ3n) is 3.24. The maximum Gasteiger partial charge on any atom is 0.295 e. The smallest absolute Gasteiger partial charge is 0.258 e. The maximum absolute atomic E-state index is 11.2. The lowest BCUT2D eigenvalue weighted by molar-refractivity contribution is -0.384. The van der Waals surface area contributed by atoms with Crippen molar-refractivity contribution < 1.29 is 4.92 Å². The minimum atomic E-state index is -0.361. The first-order valence-corrected chi connectivity index (χ1v) is 7.20. The highest BCUT2D eigenvalue weighted by Gasteiger charge is 2.26. The van der Waals surface area contributed by atoms with E-state index in [1.807, 2.05) is 12.1 Å². The topological polar surface area (TPSA) is 61.0 Å². The highest BCUT2D eigenvalue weighted by Crippen LogP contribution is 2.39. The molecule has 3 rings (SSSR count). The predicted octanol–water partition coefficient (Wildman–Crippen LogP) is 3.55. The number of halogens is 1. The lowest BCUT2D eigenvalue weighted by Crippen LogP contribution is -2.02. The summed E-state index contributed by atoms with van der Waals surface area (Å²) in [6.45, 7) is 0. The third-order valence-corrected chi connectivity index (χ3v) is 3.89. The van der Waals surface area contributed by atoms with Crippen molar-refractivity contribution in [1.29, 1.82) is 0 Å². The molecular formula is C13H12BrN3O2. The molecule has 1 aliphatic carbocycles. The van der Waals surface area contributed by atoms with E-state index in [0.717, 1.165) is 11.3 Å². The summed E-state index contributed by atoms with van der Waals surface area (Å²) < 4.78 is 1.60. The monoisotopic (exact) mass is 321 g/mol. The SMILES string of the molecule is O=[N+]([O-])c1cc(CBr)ccc1-n1ccc(C2CC2)n1. The second-order valence-electron chi connectivity index (χ2n) is 4.67. The molecule has 2 aromatic rings. The van der Waals surface area contributed by atoms with Crippen LogP contribution in [0.5, 0.6) is 0 Å². The quantitative estimate of drug-likeness (QED) is 0.491. The first-order valence-electron chi connectivity index (χ1n) is 6.08. The summed E-state index contributed by atoms with van der Waals surface area (Å²) in [6.07, 6.45) is 4.13. The van der Waals surface area contributed by atoms with Gasteiger partial charge in [0.15, 0.2) is 0 Å². The van der Waals surface area contributed by atoms with Crippen LogP contribution in [-0.4, -0.2) is 14.7 Å². The molecule has 1 saturated carbocycles. The average Bonchev–Trinajstić information content (AvgIpc) is 3.16. The van der Waals surface area contributed by atoms with Gasteiger partial charge in [-0.15, -0.1) is 0 Å². The molecule has 98 valence electrons. The van der Waals surface area contributed by atoms with Crippen LogP contribution in [0.4, 0.5) is 5.69 Å². The molecule has 6 heteroatoms. The number of hydrogen-bond donors (Lipinski definition) is 0. The Kier molecular flexibility index (Phi) is 3.10. The number of nitro benzene ring substituents is 1. The molecule has 5 nitrogen and oxygen atoms in total. The van der Waals surface area contributed by atoms with E-state index in [-0.39, 0.29) is 10.6 Å². The van der Waals surface area contributed by atoms with E-state index in [1.54, 1.807) is 23.0 Å². The van der Waals surface area contributed by atoms with Gasteiger partial charge in [0.25, 0.3) is 5.69 Å². The van der Waals surface area contributed by atoms with Crippen LogP contribution in [0.25, 0.3) is 5.69 Å². The summed E-state index contributed by atoms with van der Waals surface area (Å²) in [4.78, 5) is 10.8. The van der Waals surface area contributed by atoms with Crippen molar-refractivity contribution in [3.63, 3.8) is 0 Å². The molecule has 1 heterocycles. The normalized spacial score (nSPS) is 14.6. The van der Waals surface area contributed by atoms with Gasteiger partial charge < -0.3 is 0 Å². The number of rotatable bonds is 4. The Morgan fingerprint density at radius 2 is 2.21 bits per heavy atom. The second kappa shape index (κ2) is 4.77. The van der Waals surface area contributed by atoms with Gasteiger partial charge in [-0.2, -0.15) is 5.10 Å². The van der Waals surface area contributed by atoms with Crippen molar-refractivity contribution in [2.24, 2.45) is 0 Å². The van der Waals surface area contributed by atoms with Gasteiger partial charge in [0.05, 0.1) is 10.6 Å². The Bertz CT molecular complexity index is 635. The van der Waals surface area contributed by atoms with Crippen LogP contribution in [0.15, 0.2) is 30.5 Å². The molecule has 0 amide bonds. The van der Waals surface area contributed by atoms with Crippen molar-refractivity contribution in [3.05, 3.63) is 51.8 Å². The van der Waals surface area contributed by atoms with Gasteiger partial charge in [-0.1, -0.05) is 22.0 Å². The highest BCUT2D eigenvalue weighted by atomic mass is 79.9. The molecule has 19 heavy (non-hydrogen) atoms. The summed E-state index contributed by atoms with van der Waals surface area (Å²) in [5.41, 5.74) is 2.51. The fraction of sp³-hybridized carbons (Fsp3) is 0.308. The number of benzene rings is 1. The largest absolute Gasteiger partial charge is 0.295 e. The van der Waals surface area contributed by atoms with Crippen LogP contribution in [0.1, 0.15) is 30.0 Å². The molecule has 1 aliphatic rings. The maximum atomic E-state index is 11.2. The van der Waals surface area contributed by atoms with Gasteiger partial charge in [-0.05, 0) is 30.5 Å². The number of nitrogens with zero attached hydrogens (tertiary/aromatic N) is 3. The van der Waals surface area contributed by atoms with Gasteiger partial charge in [0.1, 0.15) is 5.69 Å². The summed E-state index contributed by atoms with van der Waals surface area (Å²) >= 11 is 3.31.